The van der Waals surface area contributed by atoms with Crippen molar-refractivity contribution in [3.63, 3.8) is 0 Å². The second kappa shape index (κ2) is 6.44. The van der Waals surface area contributed by atoms with Gasteiger partial charge in [0, 0.05) is 18.3 Å². The smallest absolute Gasteiger partial charge is 0.221 e. The molecule has 92 valence electrons. The van der Waals surface area contributed by atoms with Crippen LogP contribution in [0.25, 0.3) is 0 Å². The fourth-order valence-electron chi connectivity index (χ4n) is 1.27. The fourth-order valence-corrected chi connectivity index (χ4v) is 1.27. The van der Waals surface area contributed by atoms with Gasteiger partial charge in [-0.3, -0.25) is 4.79 Å². The summed E-state index contributed by atoms with van der Waals surface area (Å²) >= 11 is 0. The van der Waals surface area contributed by atoms with Gasteiger partial charge in [0.05, 0.1) is 0 Å². The number of allylic oxidation sites excluding steroid dienone is 2. The maximum absolute atomic E-state index is 10.8. The van der Waals surface area contributed by atoms with Crippen LogP contribution in [0, 0.1) is 34.0 Å². The van der Waals surface area contributed by atoms with Gasteiger partial charge in [0.25, 0.3) is 0 Å². The van der Waals surface area contributed by atoms with Crippen molar-refractivity contribution in [1.29, 1.82) is 15.8 Å². The molecule has 0 spiro atoms. The van der Waals surface area contributed by atoms with Crippen molar-refractivity contribution in [1.82, 2.24) is 0 Å². The number of anilines is 2. The third-order valence-corrected chi connectivity index (χ3v) is 2.06. The van der Waals surface area contributed by atoms with Gasteiger partial charge in [0.1, 0.15) is 23.9 Å². The lowest BCUT2D eigenvalue weighted by Crippen LogP contribution is -2.06. The van der Waals surface area contributed by atoms with Crippen LogP contribution >= 0.6 is 0 Å². The highest BCUT2D eigenvalue weighted by Gasteiger charge is 2.05. The fraction of sp³-hybridized carbons (Fsp3) is 0.0769. The van der Waals surface area contributed by atoms with E-state index >= 15 is 0 Å². The third-order valence-electron chi connectivity index (χ3n) is 2.06. The monoisotopic (exact) mass is 251 g/mol. The molecule has 0 bridgehead atoms. The lowest BCUT2D eigenvalue weighted by molar-refractivity contribution is -0.114. The van der Waals surface area contributed by atoms with Crippen LogP contribution in [-0.4, -0.2) is 5.91 Å². The molecular weight excluding hydrogens is 242 g/mol. The molecule has 1 amide bonds. The molecule has 0 aliphatic rings. The van der Waals surface area contributed by atoms with E-state index in [1.165, 1.54) is 6.92 Å². The first-order valence-corrected chi connectivity index (χ1v) is 5.20. The number of benzene rings is 1. The van der Waals surface area contributed by atoms with Gasteiger partial charge in [-0.1, -0.05) is 0 Å². The Labute approximate surface area is 110 Å². The van der Waals surface area contributed by atoms with E-state index in [9.17, 15) is 4.79 Å². The Morgan fingerprint density at radius 3 is 1.79 bits per heavy atom. The number of nitrogens with zero attached hydrogens (tertiary/aromatic N) is 3. The van der Waals surface area contributed by atoms with Crippen LogP contribution < -0.4 is 10.6 Å². The quantitative estimate of drug-likeness (QED) is 0.796. The predicted molar refractivity (Wildman–Crippen MR) is 68.2 cm³/mol. The lowest BCUT2D eigenvalue weighted by atomic mass is 10.2. The van der Waals surface area contributed by atoms with E-state index < -0.39 is 0 Å². The average molecular weight is 251 g/mol. The van der Waals surface area contributed by atoms with Crippen LogP contribution in [0.4, 0.5) is 11.4 Å². The number of nitriles is 3. The SMILES string of the molecule is CC(=O)Nc1ccc(NC(C#N)=C(C#N)C#N)cc1. The van der Waals surface area contributed by atoms with Crippen molar-refractivity contribution in [2.24, 2.45) is 0 Å². The lowest BCUT2D eigenvalue weighted by Gasteiger charge is -2.06. The highest BCUT2D eigenvalue weighted by atomic mass is 16.1. The summed E-state index contributed by atoms with van der Waals surface area (Å²) in [6.07, 6.45) is 0. The molecule has 0 radical (unpaired) electrons. The number of nitrogens with one attached hydrogen (secondary N) is 2. The van der Waals surface area contributed by atoms with Crippen molar-refractivity contribution in [2.45, 2.75) is 6.92 Å². The van der Waals surface area contributed by atoms with Gasteiger partial charge < -0.3 is 10.6 Å². The Kier molecular flexibility index (Phi) is 4.66. The number of hydrogen-bond acceptors (Lipinski definition) is 5. The molecule has 0 saturated carbocycles. The second-order valence-electron chi connectivity index (χ2n) is 3.47. The zero-order valence-corrected chi connectivity index (χ0v) is 10.1. The van der Waals surface area contributed by atoms with Crippen LogP contribution in [0.3, 0.4) is 0 Å². The summed E-state index contributed by atoms with van der Waals surface area (Å²) < 4.78 is 0. The molecule has 0 aromatic heterocycles. The Balaban J connectivity index is 2.93. The zero-order valence-electron chi connectivity index (χ0n) is 10.1. The molecule has 0 atom stereocenters. The second-order valence-corrected chi connectivity index (χ2v) is 3.47. The number of rotatable bonds is 3. The highest BCUT2D eigenvalue weighted by molar-refractivity contribution is 5.88. The summed E-state index contributed by atoms with van der Waals surface area (Å²) in [5.41, 5.74) is 0.751. The molecule has 0 saturated heterocycles. The average Bonchev–Trinajstić information content (AvgIpc) is 2.40. The molecular formula is C13H9N5O. The topological polar surface area (TPSA) is 112 Å². The maximum atomic E-state index is 10.8. The van der Waals surface area contributed by atoms with Gasteiger partial charge in [0.2, 0.25) is 5.91 Å². The standard InChI is InChI=1S/C13H9N5O/c1-9(19)17-11-2-4-12(5-3-11)18-13(8-16)10(6-14)7-15/h2-5,18H,1H3,(H,17,19). The zero-order chi connectivity index (χ0) is 14.3. The minimum absolute atomic E-state index is 0.114. The normalized spacial score (nSPS) is 8.32. The van der Waals surface area contributed by atoms with E-state index in [4.69, 9.17) is 15.8 Å². The first kappa shape index (κ1) is 13.8. The number of hydrogen-bond donors (Lipinski definition) is 2. The molecule has 1 aromatic rings. The van der Waals surface area contributed by atoms with Gasteiger partial charge in [0.15, 0.2) is 5.57 Å². The third kappa shape index (κ3) is 3.89. The van der Waals surface area contributed by atoms with Crippen LogP contribution in [0.15, 0.2) is 35.5 Å². The number of carbonyl (C=O) groups is 1. The summed E-state index contributed by atoms with van der Waals surface area (Å²) in [4.78, 5) is 10.8. The maximum Gasteiger partial charge on any atom is 0.221 e. The molecule has 1 rings (SSSR count). The van der Waals surface area contributed by atoms with Gasteiger partial charge in [-0.05, 0) is 24.3 Å². The Morgan fingerprint density at radius 1 is 0.947 bits per heavy atom. The van der Waals surface area contributed by atoms with Crippen molar-refractivity contribution in [2.75, 3.05) is 10.6 Å². The van der Waals surface area contributed by atoms with Crippen LogP contribution in [0.2, 0.25) is 0 Å². The van der Waals surface area contributed by atoms with E-state index in [0.29, 0.717) is 11.4 Å². The molecule has 19 heavy (non-hydrogen) atoms. The first-order valence-electron chi connectivity index (χ1n) is 5.20. The molecule has 0 fully saturated rings. The van der Waals surface area contributed by atoms with E-state index in [1.54, 1.807) is 42.5 Å². The van der Waals surface area contributed by atoms with Crippen LogP contribution in [0.1, 0.15) is 6.92 Å². The Morgan fingerprint density at radius 2 is 1.42 bits per heavy atom. The Bertz CT molecular complexity index is 622. The summed E-state index contributed by atoms with van der Waals surface area (Å²) in [6, 6.07) is 11.5. The van der Waals surface area contributed by atoms with E-state index in [2.05, 4.69) is 10.6 Å². The number of amides is 1. The highest BCUT2D eigenvalue weighted by Crippen LogP contribution is 2.16. The van der Waals surface area contributed by atoms with E-state index in [-0.39, 0.29) is 17.2 Å². The summed E-state index contributed by atoms with van der Waals surface area (Å²) in [5, 5.41) is 31.5. The number of carbonyl (C=O) groups excluding carboxylic acids is 1. The van der Waals surface area contributed by atoms with Gasteiger partial charge in [-0.2, -0.15) is 15.8 Å². The first-order chi connectivity index (χ1) is 9.10. The Hall–Kier alpha value is -3.30. The molecule has 1 aromatic carbocycles. The summed E-state index contributed by atoms with van der Waals surface area (Å²) in [5.74, 6) is -0.186. The molecule has 0 unspecified atom stereocenters. The van der Waals surface area contributed by atoms with Crippen molar-refractivity contribution in [3.05, 3.63) is 35.5 Å². The van der Waals surface area contributed by atoms with Gasteiger partial charge in [-0.25, -0.2) is 0 Å². The molecule has 6 heteroatoms. The minimum atomic E-state index is -0.284. The predicted octanol–water partition coefficient (Wildman–Crippen LogP) is 1.88. The molecule has 0 aliphatic carbocycles. The van der Waals surface area contributed by atoms with Gasteiger partial charge in [-0.15, -0.1) is 0 Å². The molecule has 0 heterocycles. The van der Waals surface area contributed by atoms with Crippen molar-refractivity contribution >= 4 is 17.3 Å². The summed E-state index contributed by atoms with van der Waals surface area (Å²) in [6.45, 7) is 1.40. The molecule has 0 aliphatic heterocycles. The largest absolute Gasteiger partial charge is 0.345 e. The van der Waals surface area contributed by atoms with E-state index in [1.807, 2.05) is 0 Å². The minimum Gasteiger partial charge on any atom is -0.345 e. The van der Waals surface area contributed by atoms with E-state index in [0.717, 1.165) is 0 Å². The molecule has 2 N–H and O–H groups in total. The van der Waals surface area contributed by atoms with Crippen molar-refractivity contribution < 1.29 is 4.79 Å². The molecule has 6 nitrogen and oxygen atoms in total. The van der Waals surface area contributed by atoms with Crippen LogP contribution in [-0.2, 0) is 4.79 Å². The summed E-state index contributed by atoms with van der Waals surface area (Å²) in [7, 11) is 0. The van der Waals surface area contributed by atoms with Gasteiger partial charge >= 0.3 is 0 Å². The van der Waals surface area contributed by atoms with Crippen molar-refractivity contribution in [3.8, 4) is 18.2 Å². The van der Waals surface area contributed by atoms with Crippen LogP contribution in [0.5, 0.6) is 0 Å².